The summed E-state index contributed by atoms with van der Waals surface area (Å²) in [4.78, 5) is 51.4. The molecule has 3 aromatic heterocycles. The van der Waals surface area contributed by atoms with Crippen LogP contribution in [0.1, 0.15) is 102 Å². The molecule has 4 aliphatic rings. The SMILES string of the molecule is CCCS(=O)(=O)Nc1cccc(-c2nc(C(C)(C)C)sc2-c2ccnc(NC3CCC(N4CCN(CC5CCN(c6ccc(C7CCC(=O)NC7=O)cn6)CC5)CC4)CC3)n2)c1F. The second-order valence-electron chi connectivity index (χ2n) is 18.7. The number of sulfonamides is 1. The van der Waals surface area contributed by atoms with Gasteiger partial charge >= 0.3 is 0 Å². The average Bonchev–Trinajstić information content (AvgIpc) is 3.72. The number of halogens is 1. The van der Waals surface area contributed by atoms with Crippen molar-refractivity contribution in [2.75, 3.05) is 66.5 Å². The minimum atomic E-state index is -3.69. The van der Waals surface area contributed by atoms with Crippen LogP contribution in [0.5, 0.6) is 0 Å². The number of rotatable bonds is 13. The summed E-state index contributed by atoms with van der Waals surface area (Å²) in [6.07, 6.45) is 11.4. The number of carbonyl (C=O) groups is 2. The van der Waals surface area contributed by atoms with Gasteiger partial charge in [-0.1, -0.05) is 39.8 Å². The molecule has 1 aliphatic carbocycles. The van der Waals surface area contributed by atoms with Gasteiger partial charge in [-0.25, -0.2) is 32.7 Å². The zero-order valence-electron chi connectivity index (χ0n) is 36.9. The minimum absolute atomic E-state index is 0.0965. The first-order chi connectivity index (χ1) is 30.2. The van der Waals surface area contributed by atoms with Crippen LogP contribution in [0.3, 0.4) is 0 Å². The Hall–Kier alpha value is -4.58. The van der Waals surface area contributed by atoms with E-state index in [4.69, 9.17) is 15.0 Å². The number of nitrogens with zero attached hydrogens (tertiary/aromatic N) is 7. The lowest BCUT2D eigenvalue weighted by Gasteiger charge is -2.43. The molecule has 3 aliphatic heterocycles. The average molecular weight is 901 g/mol. The van der Waals surface area contributed by atoms with Crippen LogP contribution in [0.25, 0.3) is 21.8 Å². The molecule has 4 fully saturated rings. The summed E-state index contributed by atoms with van der Waals surface area (Å²) in [5, 5.41) is 6.87. The van der Waals surface area contributed by atoms with Gasteiger partial charge in [0, 0.05) is 87.7 Å². The van der Waals surface area contributed by atoms with Crippen LogP contribution < -0.4 is 20.3 Å². The lowest BCUT2D eigenvalue weighted by molar-refractivity contribution is -0.134. The summed E-state index contributed by atoms with van der Waals surface area (Å²) in [5.74, 6) is 0.670. The normalized spacial score (nSPS) is 22.2. The second kappa shape index (κ2) is 19.3. The van der Waals surface area contributed by atoms with Crippen LogP contribution in [-0.2, 0) is 25.0 Å². The summed E-state index contributed by atoms with van der Waals surface area (Å²) in [5.41, 5.74) is 1.76. The van der Waals surface area contributed by atoms with Crippen molar-refractivity contribution >= 4 is 50.6 Å². The first-order valence-corrected chi connectivity index (χ1v) is 25.1. The number of nitrogens with one attached hydrogen (secondary N) is 3. The van der Waals surface area contributed by atoms with Crippen molar-refractivity contribution in [2.24, 2.45) is 5.92 Å². The smallest absolute Gasteiger partial charge is 0.234 e. The summed E-state index contributed by atoms with van der Waals surface area (Å²) in [6.45, 7) is 15.5. The molecule has 0 bridgehead atoms. The highest BCUT2D eigenvalue weighted by Gasteiger charge is 2.32. The largest absolute Gasteiger partial charge is 0.357 e. The van der Waals surface area contributed by atoms with Gasteiger partial charge in [0.25, 0.3) is 0 Å². The monoisotopic (exact) mass is 900 g/mol. The molecular weight excluding hydrogens is 840 g/mol. The second-order valence-corrected chi connectivity index (χ2v) is 21.5. The summed E-state index contributed by atoms with van der Waals surface area (Å²) in [6, 6.07) is 11.4. The van der Waals surface area contributed by atoms with Crippen molar-refractivity contribution in [3.05, 3.63) is 65.2 Å². The number of carbonyl (C=O) groups excluding carboxylic acids is 2. The maximum Gasteiger partial charge on any atom is 0.234 e. The third-order valence-electron chi connectivity index (χ3n) is 13.0. The zero-order valence-corrected chi connectivity index (χ0v) is 38.5. The Morgan fingerprint density at radius 1 is 0.905 bits per heavy atom. The van der Waals surface area contributed by atoms with Crippen molar-refractivity contribution in [3.8, 4) is 21.8 Å². The van der Waals surface area contributed by atoms with E-state index in [1.807, 2.05) is 18.2 Å². The minimum Gasteiger partial charge on any atom is -0.357 e. The Kier molecular flexibility index (Phi) is 13.8. The number of pyridine rings is 1. The van der Waals surface area contributed by atoms with Gasteiger partial charge < -0.3 is 15.1 Å². The van der Waals surface area contributed by atoms with E-state index >= 15 is 4.39 Å². The fraction of sp³-hybridized carbons (Fsp3) is 0.565. The maximum absolute atomic E-state index is 16.1. The van der Waals surface area contributed by atoms with E-state index in [0.717, 1.165) is 101 Å². The van der Waals surface area contributed by atoms with E-state index in [1.165, 1.54) is 17.4 Å². The summed E-state index contributed by atoms with van der Waals surface area (Å²) >= 11 is 1.47. The van der Waals surface area contributed by atoms with Gasteiger partial charge in [0.2, 0.25) is 27.8 Å². The van der Waals surface area contributed by atoms with E-state index in [0.29, 0.717) is 53.4 Å². The molecule has 0 spiro atoms. The van der Waals surface area contributed by atoms with E-state index in [2.05, 4.69) is 55.8 Å². The Balaban J connectivity index is 0.811. The molecule has 1 unspecified atom stereocenters. The van der Waals surface area contributed by atoms with Gasteiger partial charge in [-0.3, -0.25) is 24.5 Å². The van der Waals surface area contributed by atoms with Crippen LogP contribution in [0, 0.1) is 11.7 Å². The topological polar surface area (TPSA) is 166 Å². The fourth-order valence-electron chi connectivity index (χ4n) is 9.42. The van der Waals surface area contributed by atoms with Crippen LogP contribution >= 0.6 is 11.3 Å². The molecule has 338 valence electrons. The number of piperidine rings is 2. The summed E-state index contributed by atoms with van der Waals surface area (Å²) < 4.78 is 43.6. The van der Waals surface area contributed by atoms with Gasteiger partial charge in [-0.05, 0) is 87.1 Å². The predicted octanol–water partition coefficient (Wildman–Crippen LogP) is 7.03. The number of amides is 2. The molecule has 14 nitrogen and oxygen atoms in total. The number of benzene rings is 1. The highest BCUT2D eigenvalue weighted by atomic mass is 32.2. The molecule has 1 aromatic carbocycles. The van der Waals surface area contributed by atoms with Gasteiger partial charge in [-0.2, -0.15) is 0 Å². The van der Waals surface area contributed by atoms with Crippen LogP contribution in [0.4, 0.5) is 21.8 Å². The quantitative estimate of drug-likeness (QED) is 0.118. The first-order valence-electron chi connectivity index (χ1n) is 22.6. The molecule has 1 saturated carbocycles. The fourth-order valence-corrected chi connectivity index (χ4v) is 11.7. The molecule has 8 rings (SSSR count). The molecule has 0 radical (unpaired) electrons. The van der Waals surface area contributed by atoms with Gasteiger partial charge in [0.1, 0.15) is 5.82 Å². The van der Waals surface area contributed by atoms with E-state index in [-0.39, 0.29) is 46.2 Å². The number of hydrogen-bond donors (Lipinski definition) is 3. The van der Waals surface area contributed by atoms with Gasteiger partial charge in [0.05, 0.1) is 38.6 Å². The number of thiazole rings is 1. The Morgan fingerprint density at radius 3 is 2.35 bits per heavy atom. The molecular formula is C46H61FN10O4S2. The molecule has 1 atom stereocenters. The zero-order chi connectivity index (χ0) is 44.3. The molecule has 3 N–H and O–H groups in total. The molecule has 2 amide bonds. The predicted molar refractivity (Wildman–Crippen MR) is 247 cm³/mol. The standard InChI is InChI=1S/C46H61FN10O4S2/c1-5-27-63(60,61)54-36-8-6-7-35(40(36)47)41-42(62-44(53-41)46(2,3)4)37-17-20-48-45(51-37)50-32-10-12-33(13-11-32)56-25-23-55(24-26-56)29-30-18-21-57(22-19-30)38-15-9-31(28-49-38)34-14-16-39(58)52-43(34)59/h6-9,15,17,20,28,30,32-34,54H,5,10-14,16,18-19,21-27,29H2,1-4H3,(H,48,50,51)(H,52,58,59). The van der Waals surface area contributed by atoms with Crippen molar-refractivity contribution in [2.45, 2.75) is 109 Å². The molecule has 3 saturated heterocycles. The van der Waals surface area contributed by atoms with Crippen molar-refractivity contribution in [1.82, 2.24) is 35.1 Å². The number of piperazine rings is 1. The van der Waals surface area contributed by atoms with Gasteiger partial charge in [-0.15, -0.1) is 11.3 Å². The van der Waals surface area contributed by atoms with E-state index < -0.39 is 15.8 Å². The highest BCUT2D eigenvalue weighted by Crippen LogP contribution is 2.42. The van der Waals surface area contributed by atoms with E-state index in [1.54, 1.807) is 31.5 Å². The molecule has 6 heterocycles. The van der Waals surface area contributed by atoms with E-state index in [9.17, 15) is 18.0 Å². The van der Waals surface area contributed by atoms with Crippen molar-refractivity contribution < 1.29 is 22.4 Å². The number of imide groups is 1. The Morgan fingerprint density at radius 2 is 1.67 bits per heavy atom. The number of anilines is 3. The number of hydrogen-bond acceptors (Lipinski definition) is 13. The Bertz CT molecular complexity index is 2350. The highest BCUT2D eigenvalue weighted by molar-refractivity contribution is 7.92. The van der Waals surface area contributed by atoms with Crippen LogP contribution in [0.2, 0.25) is 0 Å². The molecule has 17 heteroatoms. The van der Waals surface area contributed by atoms with Crippen molar-refractivity contribution in [3.63, 3.8) is 0 Å². The molecule has 4 aromatic rings. The number of aromatic nitrogens is 4. The third kappa shape index (κ3) is 10.9. The van der Waals surface area contributed by atoms with Crippen molar-refractivity contribution in [1.29, 1.82) is 0 Å². The summed E-state index contributed by atoms with van der Waals surface area (Å²) in [7, 11) is -3.69. The van der Waals surface area contributed by atoms with Crippen LogP contribution in [0.15, 0.2) is 48.8 Å². The Labute approximate surface area is 374 Å². The van der Waals surface area contributed by atoms with Gasteiger partial charge in [0.15, 0.2) is 5.82 Å². The lowest BCUT2D eigenvalue weighted by Crippen LogP contribution is -2.52. The van der Waals surface area contributed by atoms with Crippen LogP contribution in [-0.4, -0.2) is 114 Å². The maximum atomic E-state index is 16.1. The molecule has 63 heavy (non-hydrogen) atoms. The lowest BCUT2D eigenvalue weighted by atomic mass is 9.89. The third-order valence-corrected chi connectivity index (χ3v) is 15.9. The first kappa shape index (κ1) is 45.0.